The second kappa shape index (κ2) is 6.07. The van der Waals surface area contributed by atoms with E-state index in [1.54, 1.807) is 11.7 Å². The highest BCUT2D eigenvalue weighted by Crippen LogP contribution is 2.31. The first-order valence-electron chi connectivity index (χ1n) is 6.79. The summed E-state index contributed by atoms with van der Waals surface area (Å²) in [6, 6.07) is 7.75. The number of benzene rings is 1. The lowest BCUT2D eigenvalue weighted by molar-refractivity contribution is 0.399. The van der Waals surface area contributed by atoms with Crippen molar-refractivity contribution in [1.29, 1.82) is 0 Å². The fourth-order valence-electron chi connectivity index (χ4n) is 2.62. The Morgan fingerprint density at radius 2 is 2.33 bits per heavy atom. The van der Waals surface area contributed by atoms with Crippen molar-refractivity contribution in [2.24, 2.45) is 4.99 Å². The molecule has 0 amide bonds. The van der Waals surface area contributed by atoms with Gasteiger partial charge in [-0.25, -0.2) is 4.68 Å². The zero-order valence-corrected chi connectivity index (χ0v) is 13.3. The van der Waals surface area contributed by atoms with Crippen LogP contribution in [0.25, 0.3) is 5.69 Å². The molecule has 1 aromatic heterocycles. The number of rotatable bonds is 2. The minimum Gasteiger partial charge on any atom is -0.343 e. The summed E-state index contributed by atoms with van der Waals surface area (Å²) in [4.78, 5) is 6.32. The van der Waals surface area contributed by atoms with E-state index in [2.05, 4.69) is 32.8 Å². The van der Waals surface area contributed by atoms with Crippen molar-refractivity contribution in [1.82, 2.24) is 19.9 Å². The highest BCUT2D eigenvalue weighted by atomic mass is 35.5. The van der Waals surface area contributed by atoms with E-state index in [1.807, 2.05) is 30.5 Å². The molecule has 2 heterocycles. The van der Waals surface area contributed by atoms with Gasteiger partial charge in [-0.05, 0) is 31.0 Å². The Labute approximate surface area is 134 Å². The molecule has 110 valence electrons. The maximum atomic E-state index is 6.02. The van der Waals surface area contributed by atoms with Gasteiger partial charge in [0.2, 0.25) is 0 Å². The van der Waals surface area contributed by atoms with Gasteiger partial charge in [0, 0.05) is 18.6 Å². The van der Waals surface area contributed by atoms with E-state index in [9.17, 15) is 0 Å². The Bertz CT molecular complexity index is 669. The number of thiol groups is 1. The van der Waals surface area contributed by atoms with E-state index >= 15 is 0 Å². The molecule has 0 saturated carbocycles. The third-order valence-corrected chi connectivity index (χ3v) is 4.33. The van der Waals surface area contributed by atoms with Gasteiger partial charge < -0.3 is 4.90 Å². The van der Waals surface area contributed by atoms with Gasteiger partial charge in [0.25, 0.3) is 0 Å². The van der Waals surface area contributed by atoms with E-state index in [0.717, 1.165) is 35.9 Å². The Kier molecular flexibility index (Phi) is 4.17. The number of hydrogen-bond donors (Lipinski definition) is 1. The Hall–Kier alpha value is -1.53. The summed E-state index contributed by atoms with van der Waals surface area (Å²) in [6.07, 6.45) is 4.09. The van der Waals surface area contributed by atoms with Crippen molar-refractivity contribution in [3.05, 3.63) is 41.2 Å². The lowest BCUT2D eigenvalue weighted by Crippen LogP contribution is -2.27. The van der Waals surface area contributed by atoms with Gasteiger partial charge in [-0.15, -0.1) is 17.7 Å². The molecule has 1 aliphatic rings. The fourth-order valence-corrected chi connectivity index (χ4v) is 3.04. The molecule has 7 heteroatoms. The van der Waals surface area contributed by atoms with Gasteiger partial charge >= 0.3 is 0 Å². The van der Waals surface area contributed by atoms with Crippen LogP contribution in [0.5, 0.6) is 0 Å². The van der Waals surface area contributed by atoms with Gasteiger partial charge in [-0.3, -0.25) is 4.99 Å². The molecule has 0 unspecified atom stereocenters. The molecule has 1 aliphatic heterocycles. The maximum Gasteiger partial charge on any atom is 0.156 e. The van der Waals surface area contributed by atoms with Crippen LogP contribution in [-0.2, 0) is 0 Å². The summed E-state index contributed by atoms with van der Waals surface area (Å²) in [7, 11) is 1.75. The molecule has 1 aromatic carbocycles. The number of aromatic nitrogens is 3. The van der Waals surface area contributed by atoms with Crippen LogP contribution in [0.3, 0.4) is 0 Å². The van der Waals surface area contributed by atoms with Gasteiger partial charge in [-0.2, -0.15) is 0 Å². The first-order valence-corrected chi connectivity index (χ1v) is 7.62. The van der Waals surface area contributed by atoms with E-state index in [1.165, 1.54) is 0 Å². The Morgan fingerprint density at radius 3 is 3.10 bits per heavy atom. The first kappa shape index (κ1) is 14.4. The van der Waals surface area contributed by atoms with E-state index in [0.29, 0.717) is 5.02 Å². The topological polar surface area (TPSA) is 46.3 Å². The average Bonchev–Trinajstić information content (AvgIpc) is 3.15. The minimum atomic E-state index is 0.189. The largest absolute Gasteiger partial charge is 0.343 e. The summed E-state index contributed by atoms with van der Waals surface area (Å²) < 4.78 is 1.75. The number of likely N-dealkylation sites (tertiary alicyclic amines) is 1. The summed E-state index contributed by atoms with van der Waals surface area (Å²) in [5.41, 5.74) is 1.84. The minimum absolute atomic E-state index is 0.189. The third kappa shape index (κ3) is 2.91. The van der Waals surface area contributed by atoms with Gasteiger partial charge in [0.1, 0.15) is 5.69 Å². The van der Waals surface area contributed by atoms with Crippen LogP contribution in [0.2, 0.25) is 5.02 Å². The lowest BCUT2D eigenvalue weighted by Gasteiger charge is -2.23. The number of hydrogen-bond acceptors (Lipinski definition) is 3. The fraction of sp³-hybridized carbons (Fsp3) is 0.357. The molecule has 0 spiro atoms. The molecular weight excluding hydrogens is 306 g/mol. The van der Waals surface area contributed by atoms with Crippen molar-refractivity contribution < 1.29 is 0 Å². The smallest absolute Gasteiger partial charge is 0.156 e. The highest BCUT2D eigenvalue weighted by Gasteiger charge is 2.29. The Balaban J connectivity index is 1.88. The van der Waals surface area contributed by atoms with Crippen LogP contribution < -0.4 is 0 Å². The van der Waals surface area contributed by atoms with Crippen molar-refractivity contribution in [3.8, 4) is 5.69 Å². The molecule has 2 aromatic rings. The quantitative estimate of drug-likeness (QED) is 0.525. The van der Waals surface area contributed by atoms with Crippen LogP contribution in [0.15, 0.2) is 35.5 Å². The molecule has 3 rings (SSSR count). The normalized spacial score (nSPS) is 19.3. The number of nitrogens with zero attached hydrogens (tertiary/aromatic N) is 5. The number of halogens is 1. The monoisotopic (exact) mass is 321 g/mol. The van der Waals surface area contributed by atoms with Crippen LogP contribution in [0, 0.1) is 0 Å². The molecule has 0 radical (unpaired) electrons. The average molecular weight is 322 g/mol. The second-order valence-electron chi connectivity index (χ2n) is 4.94. The highest BCUT2D eigenvalue weighted by molar-refractivity contribution is 7.96. The zero-order chi connectivity index (χ0) is 14.8. The SMILES string of the molecule is C/N=C(\S)N1CCC[C@@H]1c1cn(-c2cccc(Cl)c2)nn1. The molecule has 0 N–H and O–H groups in total. The summed E-state index contributed by atoms with van der Waals surface area (Å²) >= 11 is 10.4. The molecule has 5 nitrogen and oxygen atoms in total. The van der Waals surface area contributed by atoms with Crippen molar-refractivity contribution >= 4 is 29.4 Å². The van der Waals surface area contributed by atoms with Gasteiger partial charge in [0.05, 0.1) is 17.9 Å². The van der Waals surface area contributed by atoms with Crippen LogP contribution in [0.4, 0.5) is 0 Å². The van der Waals surface area contributed by atoms with Crippen LogP contribution in [0.1, 0.15) is 24.6 Å². The van der Waals surface area contributed by atoms with E-state index < -0.39 is 0 Å². The summed E-state index contributed by atoms with van der Waals surface area (Å²) in [5, 5.41) is 9.95. The van der Waals surface area contributed by atoms with Crippen LogP contribution >= 0.6 is 24.2 Å². The van der Waals surface area contributed by atoms with E-state index in [-0.39, 0.29) is 6.04 Å². The molecule has 1 atom stereocenters. The molecule has 21 heavy (non-hydrogen) atoms. The molecule has 0 aliphatic carbocycles. The Morgan fingerprint density at radius 1 is 1.48 bits per heavy atom. The first-order chi connectivity index (χ1) is 10.2. The lowest BCUT2D eigenvalue weighted by atomic mass is 10.2. The maximum absolute atomic E-state index is 6.02. The predicted molar refractivity (Wildman–Crippen MR) is 87.4 cm³/mol. The summed E-state index contributed by atoms with van der Waals surface area (Å²) in [6.45, 7) is 0.949. The van der Waals surface area contributed by atoms with Gasteiger partial charge in [0.15, 0.2) is 5.17 Å². The number of amidine groups is 1. The van der Waals surface area contributed by atoms with Crippen LogP contribution in [-0.4, -0.2) is 38.7 Å². The van der Waals surface area contributed by atoms with E-state index in [4.69, 9.17) is 11.6 Å². The predicted octanol–water partition coefficient (Wildman–Crippen LogP) is 2.97. The van der Waals surface area contributed by atoms with Crippen molar-refractivity contribution in [3.63, 3.8) is 0 Å². The summed E-state index contributed by atoms with van der Waals surface area (Å²) in [5.74, 6) is 0. The second-order valence-corrected chi connectivity index (χ2v) is 5.78. The molecular formula is C14H16ClN5S. The van der Waals surface area contributed by atoms with Gasteiger partial charge in [-0.1, -0.05) is 22.9 Å². The standard InChI is InChI=1S/C14H16ClN5S/c1-16-14(21)19-7-3-6-13(19)12-9-20(18-17-12)11-5-2-4-10(15)8-11/h2,4-5,8-9,13H,3,6-7H2,1H3,(H,16,21)/t13-/m1/s1. The number of aliphatic imine (C=N–C) groups is 1. The molecule has 0 bridgehead atoms. The zero-order valence-electron chi connectivity index (χ0n) is 11.6. The third-order valence-electron chi connectivity index (χ3n) is 3.63. The van der Waals surface area contributed by atoms with Crippen molar-refractivity contribution in [2.75, 3.05) is 13.6 Å². The molecule has 1 fully saturated rings. The molecule has 1 saturated heterocycles. The van der Waals surface area contributed by atoms with Crippen molar-refractivity contribution in [2.45, 2.75) is 18.9 Å².